The third kappa shape index (κ3) is 2.44. The first-order valence-electron chi connectivity index (χ1n) is 4.70. The van der Waals surface area contributed by atoms with Crippen molar-refractivity contribution in [2.75, 3.05) is 6.61 Å². The van der Waals surface area contributed by atoms with Crippen LogP contribution in [0, 0.1) is 17.8 Å². The van der Waals surface area contributed by atoms with E-state index in [-0.39, 0.29) is 30.3 Å². The van der Waals surface area contributed by atoms with Crippen molar-refractivity contribution in [1.82, 2.24) is 0 Å². The summed E-state index contributed by atoms with van der Waals surface area (Å²) >= 11 is 0. The maximum absolute atomic E-state index is 11.5. The molecular weight excluding hydrogens is 168 g/mol. The van der Waals surface area contributed by atoms with Crippen LogP contribution in [0.2, 0.25) is 0 Å². The molecule has 0 spiro atoms. The highest BCUT2D eigenvalue weighted by Crippen LogP contribution is 2.46. The highest BCUT2D eigenvalue weighted by Gasteiger charge is 2.52. The monoisotopic (exact) mass is 186 g/mol. The van der Waals surface area contributed by atoms with Crippen LogP contribution in [0.4, 0.5) is 0 Å². The molecule has 0 aromatic heterocycles. The number of esters is 1. The Kier molecular flexibility index (Phi) is 2.66. The van der Waals surface area contributed by atoms with Crippen molar-refractivity contribution >= 4 is 5.97 Å². The van der Waals surface area contributed by atoms with E-state index in [0.29, 0.717) is 0 Å². The molecule has 13 heavy (non-hydrogen) atoms. The van der Waals surface area contributed by atoms with E-state index in [4.69, 9.17) is 9.84 Å². The van der Waals surface area contributed by atoms with Crippen molar-refractivity contribution < 1.29 is 14.6 Å². The number of carbonyl (C=O) groups excluding carboxylic acids is 1. The van der Waals surface area contributed by atoms with Gasteiger partial charge < -0.3 is 9.84 Å². The van der Waals surface area contributed by atoms with Gasteiger partial charge in [0, 0.05) is 6.61 Å². The van der Waals surface area contributed by atoms with E-state index >= 15 is 0 Å². The average Bonchev–Trinajstić information content (AvgIpc) is 2.57. The Bertz CT molecular complexity index is 205. The zero-order chi connectivity index (χ0) is 10.2. The van der Waals surface area contributed by atoms with Crippen LogP contribution in [0.1, 0.15) is 27.7 Å². The molecule has 0 heterocycles. The summed E-state index contributed by atoms with van der Waals surface area (Å²) in [6.07, 6.45) is 0. The van der Waals surface area contributed by atoms with Gasteiger partial charge in [-0.05, 0) is 32.6 Å². The number of rotatable bonds is 2. The summed E-state index contributed by atoms with van der Waals surface area (Å²) in [6, 6.07) is 0. The summed E-state index contributed by atoms with van der Waals surface area (Å²) in [5.74, 6) is 0.151. The molecule has 0 amide bonds. The highest BCUT2D eigenvalue weighted by molar-refractivity contribution is 5.76. The van der Waals surface area contributed by atoms with Gasteiger partial charge in [0.25, 0.3) is 0 Å². The molecule has 3 nitrogen and oxygen atoms in total. The van der Waals surface area contributed by atoms with E-state index in [2.05, 4.69) is 0 Å². The van der Waals surface area contributed by atoms with Gasteiger partial charge in [-0.2, -0.15) is 0 Å². The SMILES string of the molecule is CC1C(CO)C1C(=O)OC(C)(C)C. The molecule has 0 aromatic carbocycles. The van der Waals surface area contributed by atoms with Gasteiger partial charge in [0.15, 0.2) is 0 Å². The molecule has 1 aliphatic carbocycles. The zero-order valence-corrected chi connectivity index (χ0v) is 8.70. The van der Waals surface area contributed by atoms with Crippen LogP contribution in [-0.2, 0) is 9.53 Å². The number of hydrogen-bond acceptors (Lipinski definition) is 3. The second-order valence-electron chi connectivity index (χ2n) is 4.76. The average molecular weight is 186 g/mol. The Labute approximate surface area is 79.1 Å². The standard InChI is InChI=1S/C10H18O3/c1-6-7(5-11)8(6)9(12)13-10(2,3)4/h6-8,11H,5H2,1-4H3. The van der Waals surface area contributed by atoms with Crippen molar-refractivity contribution in [2.45, 2.75) is 33.3 Å². The molecule has 0 aliphatic heterocycles. The van der Waals surface area contributed by atoms with E-state index < -0.39 is 5.60 Å². The van der Waals surface area contributed by atoms with Crippen molar-refractivity contribution in [3.63, 3.8) is 0 Å². The van der Waals surface area contributed by atoms with Crippen molar-refractivity contribution in [1.29, 1.82) is 0 Å². The third-order valence-electron chi connectivity index (χ3n) is 2.45. The van der Waals surface area contributed by atoms with Crippen molar-refractivity contribution in [3.8, 4) is 0 Å². The third-order valence-corrected chi connectivity index (χ3v) is 2.45. The minimum Gasteiger partial charge on any atom is -0.460 e. The lowest BCUT2D eigenvalue weighted by molar-refractivity contribution is -0.157. The van der Waals surface area contributed by atoms with Crippen LogP contribution in [0.5, 0.6) is 0 Å². The van der Waals surface area contributed by atoms with Crippen LogP contribution in [0.25, 0.3) is 0 Å². The number of carbonyl (C=O) groups is 1. The Morgan fingerprint density at radius 1 is 1.46 bits per heavy atom. The largest absolute Gasteiger partial charge is 0.460 e. The van der Waals surface area contributed by atoms with Crippen LogP contribution in [0.15, 0.2) is 0 Å². The first-order chi connectivity index (χ1) is 5.87. The fourth-order valence-corrected chi connectivity index (χ4v) is 1.58. The molecule has 0 bridgehead atoms. The molecule has 0 saturated heterocycles. The van der Waals surface area contributed by atoms with Gasteiger partial charge >= 0.3 is 5.97 Å². The summed E-state index contributed by atoms with van der Waals surface area (Å²) in [5, 5.41) is 8.89. The Morgan fingerprint density at radius 3 is 2.31 bits per heavy atom. The second-order valence-corrected chi connectivity index (χ2v) is 4.76. The molecule has 3 atom stereocenters. The number of ether oxygens (including phenoxy) is 1. The van der Waals surface area contributed by atoms with E-state index in [9.17, 15) is 4.79 Å². The fraction of sp³-hybridized carbons (Fsp3) is 0.900. The van der Waals surface area contributed by atoms with Crippen LogP contribution in [0.3, 0.4) is 0 Å². The summed E-state index contributed by atoms with van der Waals surface area (Å²) < 4.78 is 5.21. The van der Waals surface area contributed by atoms with Gasteiger partial charge in [-0.15, -0.1) is 0 Å². The molecule has 1 rings (SSSR count). The molecule has 76 valence electrons. The highest BCUT2D eigenvalue weighted by atomic mass is 16.6. The smallest absolute Gasteiger partial charge is 0.310 e. The zero-order valence-electron chi connectivity index (χ0n) is 8.70. The minimum atomic E-state index is -0.417. The van der Waals surface area contributed by atoms with E-state index in [1.807, 2.05) is 27.7 Å². The summed E-state index contributed by atoms with van der Waals surface area (Å²) in [6.45, 7) is 7.62. The topological polar surface area (TPSA) is 46.5 Å². The van der Waals surface area contributed by atoms with Gasteiger partial charge in [-0.25, -0.2) is 0 Å². The lowest BCUT2D eigenvalue weighted by atomic mass is 10.2. The molecule has 3 unspecified atom stereocenters. The lowest BCUT2D eigenvalue weighted by Crippen LogP contribution is -2.25. The van der Waals surface area contributed by atoms with Crippen molar-refractivity contribution in [2.24, 2.45) is 17.8 Å². The van der Waals surface area contributed by atoms with Gasteiger partial charge in [0.1, 0.15) is 5.60 Å². The minimum absolute atomic E-state index is 0.0794. The van der Waals surface area contributed by atoms with E-state index in [1.54, 1.807) is 0 Å². The molecule has 1 fully saturated rings. The van der Waals surface area contributed by atoms with E-state index in [0.717, 1.165) is 0 Å². The Morgan fingerprint density at radius 2 is 2.00 bits per heavy atom. The summed E-state index contributed by atoms with van der Waals surface area (Å²) in [5.41, 5.74) is -0.417. The molecule has 1 aliphatic rings. The maximum atomic E-state index is 11.5. The quantitative estimate of drug-likeness (QED) is 0.659. The predicted octanol–water partition coefficient (Wildman–Crippen LogP) is 1.20. The number of hydrogen-bond donors (Lipinski definition) is 1. The van der Waals surface area contributed by atoms with Gasteiger partial charge in [-0.3, -0.25) is 4.79 Å². The van der Waals surface area contributed by atoms with Gasteiger partial charge in [0.05, 0.1) is 5.92 Å². The fourth-order valence-electron chi connectivity index (χ4n) is 1.58. The maximum Gasteiger partial charge on any atom is 0.310 e. The number of aliphatic hydroxyl groups is 1. The van der Waals surface area contributed by atoms with Gasteiger partial charge in [0.2, 0.25) is 0 Å². The molecule has 0 radical (unpaired) electrons. The first kappa shape index (κ1) is 10.5. The van der Waals surface area contributed by atoms with Crippen LogP contribution in [-0.4, -0.2) is 23.3 Å². The molecule has 1 N–H and O–H groups in total. The molecule has 0 aromatic rings. The Balaban J connectivity index is 2.43. The van der Waals surface area contributed by atoms with Crippen molar-refractivity contribution in [3.05, 3.63) is 0 Å². The predicted molar refractivity (Wildman–Crippen MR) is 49.1 cm³/mol. The molecular formula is C10H18O3. The summed E-state index contributed by atoms with van der Waals surface area (Å²) in [7, 11) is 0. The summed E-state index contributed by atoms with van der Waals surface area (Å²) in [4.78, 5) is 11.5. The van der Waals surface area contributed by atoms with Gasteiger partial charge in [-0.1, -0.05) is 6.92 Å². The van der Waals surface area contributed by atoms with E-state index in [1.165, 1.54) is 0 Å². The van der Waals surface area contributed by atoms with Crippen LogP contribution < -0.4 is 0 Å². The normalized spacial score (nSPS) is 32.8. The number of aliphatic hydroxyl groups excluding tert-OH is 1. The molecule has 3 heteroatoms. The molecule has 1 saturated carbocycles. The van der Waals surface area contributed by atoms with Crippen LogP contribution >= 0.6 is 0 Å². The lowest BCUT2D eigenvalue weighted by Gasteiger charge is -2.19. The second kappa shape index (κ2) is 3.29. The first-order valence-corrected chi connectivity index (χ1v) is 4.70. The Hall–Kier alpha value is -0.570.